The van der Waals surface area contributed by atoms with Crippen LogP contribution in [0.4, 0.5) is 5.69 Å². The number of hydrogen-bond acceptors (Lipinski definition) is 5. The number of ether oxygens (including phenoxy) is 1. The average molecular weight is 458 g/mol. The number of amides is 1. The molecule has 3 aromatic carbocycles. The van der Waals surface area contributed by atoms with Crippen LogP contribution in [-0.2, 0) is 17.8 Å². The number of benzene rings is 3. The maximum Gasteiger partial charge on any atom is 0.308 e. The summed E-state index contributed by atoms with van der Waals surface area (Å²) >= 11 is 0. The summed E-state index contributed by atoms with van der Waals surface area (Å²) in [5, 5.41) is 3.09. The third-order valence-electron chi connectivity index (χ3n) is 6.24. The number of hydrogen-bond donors (Lipinski definition) is 1. The molecule has 6 heteroatoms. The molecule has 6 nitrogen and oxygen atoms in total. The van der Waals surface area contributed by atoms with Gasteiger partial charge in [-0.15, -0.1) is 0 Å². The van der Waals surface area contributed by atoms with E-state index in [9.17, 15) is 9.59 Å². The lowest BCUT2D eigenvalue weighted by Gasteiger charge is -2.36. The van der Waals surface area contributed by atoms with E-state index in [0.717, 1.165) is 30.8 Å². The van der Waals surface area contributed by atoms with Gasteiger partial charge in [-0.25, -0.2) is 0 Å². The van der Waals surface area contributed by atoms with Crippen LogP contribution >= 0.6 is 0 Å². The van der Waals surface area contributed by atoms with Gasteiger partial charge in [0.1, 0.15) is 5.75 Å². The van der Waals surface area contributed by atoms with E-state index in [1.807, 2.05) is 14.1 Å². The Morgan fingerprint density at radius 2 is 1.65 bits per heavy atom. The molecule has 4 rings (SSSR count). The molecule has 1 heterocycles. The van der Waals surface area contributed by atoms with Crippen LogP contribution in [-0.4, -0.2) is 44.0 Å². The first-order valence-electron chi connectivity index (χ1n) is 11.6. The first-order valence-corrected chi connectivity index (χ1v) is 11.6. The van der Waals surface area contributed by atoms with Crippen molar-refractivity contribution in [2.45, 2.75) is 25.9 Å². The molecule has 0 aromatic heterocycles. The SMILES string of the molecule is CC(=O)Oc1ccccc1C(=O)NCC(c1ccc(N(C)C)cc1)N1CCc2ccccc2C1. The Hall–Kier alpha value is -3.64. The molecule has 0 saturated heterocycles. The van der Waals surface area contributed by atoms with Crippen molar-refractivity contribution in [3.63, 3.8) is 0 Å². The van der Waals surface area contributed by atoms with Crippen molar-refractivity contribution >= 4 is 17.6 Å². The van der Waals surface area contributed by atoms with Gasteiger partial charge in [-0.3, -0.25) is 14.5 Å². The molecular weight excluding hydrogens is 426 g/mol. The maximum absolute atomic E-state index is 13.1. The molecule has 1 amide bonds. The smallest absolute Gasteiger partial charge is 0.308 e. The Labute approximate surface area is 201 Å². The van der Waals surface area contributed by atoms with Crippen molar-refractivity contribution in [2.24, 2.45) is 0 Å². The molecule has 1 N–H and O–H groups in total. The predicted octanol–water partition coefficient (Wildman–Crippen LogP) is 4.21. The lowest BCUT2D eigenvalue weighted by molar-refractivity contribution is -0.131. The number of nitrogens with one attached hydrogen (secondary N) is 1. The number of nitrogens with zero attached hydrogens (tertiary/aromatic N) is 2. The summed E-state index contributed by atoms with van der Waals surface area (Å²) in [6.07, 6.45) is 0.978. The fraction of sp³-hybridized carbons (Fsp3) is 0.286. The van der Waals surface area contributed by atoms with Gasteiger partial charge < -0.3 is 15.0 Å². The molecule has 0 spiro atoms. The van der Waals surface area contributed by atoms with Gasteiger partial charge in [0.25, 0.3) is 5.91 Å². The summed E-state index contributed by atoms with van der Waals surface area (Å²) in [5.41, 5.74) is 5.35. The van der Waals surface area contributed by atoms with Crippen molar-refractivity contribution < 1.29 is 14.3 Å². The highest BCUT2D eigenvalue weighted by molar-refractivity contribution is 5.97. The fourth-order valence-electron chi connectivity index (χ4n) is 4.42. The molecule has 1 atom stereocenters. The second kappa shape index (κ2) is 10.5. The Morgan fingerprint density at radius 1 is 0.971 bits per heavy atom. The summed E-state index contributed by atoms with van der Waals surface area (Å²) < 4.78 is 5.23. The lowest BCUT2D eigenvalue weighted by Crippen LogP contribution is -2.40. The summed E-state index contributed by atoms with van der Waals surface area (Å²) in [5.74, 6) is -0.443. The van der Waals surface area contributed by atoms with E-state index >= 15 is 0 Å². The highest BCUT2D eigenvalue weighted by Crippen LogP contribution is 2.29. The number of carbonyl (C=O) groups excluding carboxylic acids is 2. The molecule has 1 aliphatic heterocycles. The summed E-state index contributed by atoms with van der Waals surface area (Å²) in [6.45, 7) is 3.51. The number of carbonyl (C=O) groups is 2. The Balaban J connectivity index is 1.57. The zero-order chi connectivity index (χ0) is 24.1. The highest BCUT2D eigenvalue weighted by Gasteiger charge is 2.26. The van der Waals surface area contributed by atoms with Crippen LogP contribution in [0, 0.1) is 0 Å². The third kappa shape index (κ3) is 5.46. The summed E-state index contributed by atoms with van der Waals surface area (Å²) in [6, 6.07) is 23.9. The molecule has 3 aromatic rings. The van der Waals surface area contributed by atoms with Crippen LogP contribution < -0.4 is 15.0 Å². The van der Waals surface area contributed by atoms with Crippen LogP contribution in [0.1, 0.15) is 40.0 Å². The normalized spacial score (nSPS) is 14.1. The quantitative estimate of drug-likeness (QED) is 0.426. The maximum atomic E-state index is 13.1. The third-order valence-corrected chi connectivity index (χ3v) is 6.24. The van der Waals surface area contributed by atoms with E-state index < -0.39 is 5.97 Å². The second-order valence-electron chi connectivity index (χ2n) is 8.79. The van der Waals surface area contributed by atoms with Gasteiger partial charge in [-0.05, 0) is 47.4 Å². The minimum absolute atomic E-state index is 0.00871. The van der Waals surface area contributed by atoms with Crippen LogP contribution in [0.5, 0.6) is 5.75 Å². The second-order valence-corrected chi connectivity index (χ2v) is 8.79. The Kier molecular flexibility index (Phi) is 7.28. The van der Waals surface area contributed by atoms with Gasteiger partial charge in [0.2, 0.25) is 0 Å². The molecule has 0 bridgehead atoms. The minimum atomic E-state index is -0.453. The van der Waals surface area contributed by atoms with Crippen LogP contribution in [0.15, 0.2) is 72.8 Å². The fourth-order valence-corrected chi connectivity index (χ4v) is 4.42. The van der Waals surface area contributed by atoms with E-state index in [1.165, 1.54) is 18.1 Å². The number of rotatable bonds is 7. The predicted molar refractivity (Wildman–Crippen MR) is 134 cm³/mol. The van der Waals surface area contributed by atoms with Crippen molar-refractivity contribution in [1.82, 2.24) is 10.2 Å². The van der Waals surface area contributed by atoms with Gasteiger partial charge in [-0.2, -0.15) is 0 Å². The van der Waals surface area contributed by atoms with Gasteiger partial charge in [0, 0.05) is 46.3 Å². The standard InChI is InChI=1S/C28H31N3O3/c1-20(32)34-27-11-7-6-10-25(27)28(33)29-18-26(22-12-14-24(15-13-22)30(2)3)31-17-16-21-8-4-5-9-23(21)19-31/h4-15,26H,16-19H2,1-3H3,(H,29,33). The lowest BCUT2D eigenvalue weighted by atomic mass is 9.96. The molecule has 0 fully saturated rings. The van der Waals surface area contributed by atoms with Crippen molar-refractivity contribution in [3.05, 3.63) is 95.1 Å². The van der Waals surface area contributed by atoms with Crippen molar-refractivity contribution in [2.75, 3.05) is 32.1 Å². The topological polar surface area (TPSA) is 61.9 Å². The molecule has 0 saturated carbocycles. The van der Waals surface area contributed by atoms with E-state index in [1.54, 1.807) is 24.3 Å². The Bertz CT molecular complexity index is 1160. The minimum Gasteiger partial charge on any atom is -0.426 e. The number of para-hydroxylation sites is 1. The molecule has 176 valence electrons. The largest absolute Gasteiger partial charge is 0.426 e. The highest BCUT2D eigenvalue weighted by atomic mass is 16.5. The molecular formula is C28H31N3O3. The van der Waals surface area contributed by atoms with Gasteiger partial charge in [0.05, 0.1) is 11.6 Å². The molecule has 0 radical (unpaired) electrons. The van der Waals surface area contributed by atoms with Gasteiger partial charge in [0.15, 0.2) is 0 Å². The zero-order valence-corrected chi connectivity index (χ0v) is 20.0. The first-order chi connectivity index (χ1) is 16.4. The van der Waals surface area contributed by atoms with Gasteiger partial charge >= 0.3 is 5.97 Å². The van der Waals surface area contributed by atoms with Crippen molar-refractivity contribution in [3.8, 4) is 5.75 Å². The molecule has 1 unspecified atom stereocenters. The molecule has 34 heavy (non-hydrogen) atoms. The van der Waals surface area contributed by atoms with Gasteiger partial charge in [-0.1, -0.05) is 48.5 Å². The summed E-state index contributed by atoms with van der Waals surface area (Å²) in [4.78, 5) is 29.0. The number of esters is 1. The molecule has 0 aliphatic carbocycles. The number of fused-ring (bicyclic) bond motifs is 1. The van der Waals surface area contributed by atoms with Crippen LogP contribution in [0.25, 0.3) is 0 Å². The molecule has 1 aliphatic rings. The zero-order valence-electron chi connectivity index (χ0n) is 20.0. The van der Waals surface area contributed by atoms with E-state index in [4.69, 9.17) is 4.74 Å². The van der Waals surface area contributed by atoms with E-state index in [0.29, 0.717) is 12.1 Å². The monoisotopic (exact) mass is 457 g/mol. The average Bonchev–Trinajstić information content (AvgIpc) is 2.84. The first kappa shape index (κ1) is 23.5. The van der Waals surface area contributed by atoms with Crippen LogP contribution in [0.3, 0.4) is 0 Å². The van der Waals surface area contributed by atoms with Crippen LogP contribution in [0.2, 0.25) is 0 Å². The van der Waals surface area contributed by atoms with E-state index in [-0.39, 0.29) is 17.7 Å². The summed E-state index contributed by atoms with van der Waals surface area (Å²) in [7, 11) is 4.05. The van der Waals surface area contributed by atoms with E-state index in [2.05, 4.69) is 63.6 Å². The Morgan fingerprint density at radius 3 is 2.35 bits per heavy atom. The number of anilines is 1. The van der Waals surface area contributed by atoms with Crippen molar-refractivity contribution in [1.29, 1.82) is 0 Å².